The first-order chi connectivity index (χ1) is 11.2. The van der Waals surface area contributed by atoms with Crippen LogP contribution in [0.3, 0.4) is 0 Å². The lowest BCUT2D eigenvalue weighted by Gasteiger charge is -2.14. The van der Waals surface area contributed by atoms with E-state index in [0.717, 1.165) is 21.9 Å². The van der Waals surface area contributed by atoms with Gasteiger partial charge in [0.15, 0.2) is 0 Å². The maximum Gasteiger partial charge on any atom is 0.0992 e. The Labute approximate surface area is 141 Å². The van der Waals surface area contributed by atoms with Crippen molar-refractivity contribution in [1.82, 2.24) is 4.98 Å². The third kappa shape index (κ3) is 4.01. The number of aromatic nitrogens is 1. The molecule has 3 heteroatoms. The van der Waals surface area contributed by atoms with Gasteiger partial charge in [0.25, 0.3) is 0 Å². The number of aryl methyl sites for hydroxylation is 1. The van der Waals surface area contributed by atoms with Crippen molar-refractivity contribution in [2.75, 3.05) is 0 Å². The Morgan fingerprint density at radius 3 is 2.26 bits per heavy atom. The quantitative estimate of drug-likeness (QED) is 0.691. The van der Waals surface area contributed by atoms with Crippen molar-refractivity contribution in [3.63, 3.8) is 0 Å². The number of hydrogen-bond donors (Lipinski definition) is 1. The predicted molar refractivity (Wildman–Crippen MR) is 97.4 cm³/mol. The molecule has 0 saturated carbocycles. The second-order valence-electron chi connectivity index (χ2n) is 5.55. The highest BCUT2D eigenvalue weighted by molar-refractivity contribution is 7.98. The average Bonchev–Trinajstić information content (AvgIpc) is 2.61. The number of rotatable bonds is 5. The van der Waals surface area contributed by atoms with Crippen LogP contribution in [0.25, 0.3) is 0 Å². The van der Waals surface area contributed by atoms with Gasteiger partial charge in [-0.05, 0) is 35.2 Å². The third-order valence-corrected chi connectivity index (χ3v) is 4.97. The summed E-state index contributed by atoms with van der Waals surface area (Å²) in [6, 6.07) is 22.6. The Kier molecular flexibility index (Phi) is 5.11. The van der Waals surface area contributed by atoms with Gasteiger partial charge in [-0.1, -0.05) is 60.7 Å². The number of nitrogens with zero attached hydrogens (tertiary/aromatic N) is 1. The van der Waals surface area contributed by atoms with Crippen LogP contribution in [0.5, 0.6) is 0 Å². The fourth-order valence-corrected chi connectivity index (χ4v) is 3.39. The number of pyridine rings is 1. The number of thioether (sulfide) groups is 1. The van der Waals surface area contributed by atoms with E-state index in [1.54, 1.807) is 11.8 Å². The highest BCUT2D eigenvalue weighted by Gasteiger charge is 2.11. The smallest absolute Gasteiger partial charge is 0.0992 e. The zero-order valence-corrected chi connectivity index (χ0v) is 14.0. The van der Waals surface area contributed by atoms with Gasteiger partial charge in [0, 0.05) is 11.9 Å². The van der Waals surface area contributed by atoms with Crippen molar-refractivity contribution >= 4 is 11.8 Å². The second-order valence-corrected chi connectivity index (χ2v) is 6.52. The summed E-state index contributed by atoms with van der Waals surface area (Å²) in [6.45, 7) is 2.10. The molecule has 0 aliphatic heterocycles. The van der Waals surface area contributed by atoms with E-state index >= 15 is 0 Å². The molecule has 23 heavy (non-hydrogen) atoms. The molecule has 0 radical (unpaired) electrons. The molecule has 0 unspecified atom stereocenters. The molecule has 0 fully saturated rings. The zero-order chi connectivity index (χ0) is 16.1. The molecule has 0 bridgehead atoms. The van der Waals surface area contributed by atoms with E-state index in [4.69, 9.17) is 5.73 Å². The van der Waals surface area contributed by atoms with Gasteiger partial charge in [0.05, 0.1) is 11.1 Å². The van der Waals surface area contributed by atoms with Crippen LogP contribution >= 0.6 is 11.8 Å². The highest BCUT2D eigenvalue weighted by Crippen LogP contribution is 2.27. The number of nitrogens with two attached hydrogens (primary N) is 1. The minimum Gasteiger partial charge on any atom is -0.320 e. The molecule has 0 saturated heterocycles. The van der Waals surface area contributed by atoms with E-state index in [-0.39, 0.29) is 6.04 Å². The summed E-state index contributed by atoms with van der Waals surface area (Å²) in [6.07, 6.45) is 1.90. The Morgan fingerprint density at radius 2 is 1.61 bits per heavy atom. The summed E-state index contributed by atoms with van der Waals surface area (Å²) in [5, 5.41) is 1.07. The van der Waals surface area contributed by atoms with Crippen LogP contribution in [-0.4, -0.2) is 4.98 Å². The van der Waals surface area contributed by atoms with Crippen LogP contribution in [0.2, 0.25) is 0 Å². The molecule has 3 rings (SSSR count). The monoisotopic (exact) mass is 320 g/mol. The highest BCUT2D eigenvalue weighted by atomic mass is 32.2. The topological polar surface area (TPSA) is 38.9 Å². The third-order valence-electron chi connectivity index (χ3n) is 3.79. The van der Waals surface area contributed by atoms with Crippen LogP contribution in [0.4, 0.5) is 0 Å². The van der Waals surface area contributed by atoms with E-state index in [1.165, 1.54) is 11.1 Å². The minimum atomic E-state index is -0.129. The fraction of sp³-hybridized carbons (Fsp3) is 0.150. The summed E-state index contributed by atoms with van der Waals surface area (Å²) in [5.74, 6) is 0.929. The first-order valence-electron chi connectivity index (χ1n) is 7.68. The van der Waals surface area contributed by atoms with Gasteiger partial charge >= 0.3 is 0 Å². The van der Waals surface area contributed by atoms with Gasteiger partial charge in [0.1, 0.15) is 0 Å². The molecule has 0 aliphatic rings. The van der Waals surface area contributed by atoms with Crippen molar-refractivity contribution in [3.05, 3.63) is 95.2 Å². The minimum absolute atomic E-state index is 0.129. The molecular weight excluding hydrogens is 300 g/mol. The lowest BCUT2D eigenvalue weighted by molar-refractivity contribution is 0.850. The van der Waals surface area contributed by atoms with Gasteiger partial charge in [-0.3, -0.25) is 0 Å². The van der Waals surface area contributed by atoms with E-state index in [1.807, 2.05) is 30.5 Å². The summed E-state index contributed by atoms with van der Waals surface area (Å²) in [5.41, 5.74) is 11.0. The van der Waals surface area contributed by atoms with Gasteiger partial charge in [0.2, 0.25) is 0 Å². The molecular formula is C20H20N2S. The Balaban J connectivity index is 1.73. The van der Waals surface area contributed by atoms with Gasteiger partial charge in [-0.15, -0.1) is 11.8 Å². The second kappa shape index (κ2) is 7.44. The van der Waals surface area contributed by atoms with Crippen molar-refractivity contribution in [2.24, 2.45) is 5.73 Å². The first kappa shape index (κ1) is 15.8. The van der Waals surface area contributed by atoms with Crippen LogP contribution in [0.15, 0.2) is 78.0 Å². The van der Waals surface area contributed by atoms with Crippen LogP contribution < -0.4 is 5.73 Å². The van der Waals surface area contributed by atoms with Crippen LogP contribution in [0.1, 0.15) is 28.3 Å². The van der Waals surface area contributed by atoms with E-state index in [0.29, 0.717) is 0 Å². The fourth-order valence-electron chi connectivity index (χ4n) is 2.48. The summed E-state index contributed by atoms with van der Waals surface area (Å²) in [4.78, 5) is 4.62. The molecule has 1 aromatic heterocycles. The van der Waals surface area contributed by atoms with Crippen molar-refractivity contribution in [1.29, 1.82) is 0 Å². The summed E-state index contributed by atoms with van der Waals surface area (Å²) < 4.78 is 0. The largest absolute Gasteiger partial charge is 0.320 e. The molecule has 0 amide bonds. The molecule has 2 N–H and O–H groups in total. The lowest BCUT2D eigenvalue weighted by Crippen LogP contribution is -2.12. The molecule has 1 atom stereocenters. The number of hydrogen-bond acceptors (Lipinski definition) is 3. The van der Waals surface area contributed by atoms with Crippen LogP contribution in [0, 0.1) is 6.92 Å². The SMILES string of the molecule is Cc1cc([C@H](N)c2ccccc2)cnc1SCc1ccccc1. The summed E-state index contributed by atoms with van der Waals surface area (Å²) in [7, 11) is 0. The Morgan fingerprint density at radius 1 is 0.957 bits per heavy atom. The van der Waals surface area contributed by atoms with E-state index in [2.05, 4.69) is 54.4 Å². The molecule has 0 spiro atoms. The molecule has 2 nitrogen and oxygen atoms in total. The molecule has 1 heterocycles. The van der Waals surface area contributed by atoms with E-state index in [9.17, 15) is 0 Å². The van der Waals surface area contributed by atoms with Crippen molar-refractivity contribution in [2.45, 2.75) is 23.7 Å². The zero-order valence-electron chi connectivity index (χ0n) is 13.1. The lowest BCUT2D eigenvalue weighted by atomic mass is 10.0. The van der Waals surface area contributed by atoms with E-state index < -0.39 is 0 Å². The maximum absolute atomic E-state index is 6.35. The Hall–Kier alpha value is -2.10. The van der Waals surface area contributed by atoms with Gasteiger partial charge in [-0.25, -0.2) is 4.98 Å². The van der Waals surface area contributed by atoms with Gasteiger partial charge < -0.3 is 5.73 Å². The molecule has 3 aromatic rings. The maximum atomic E-state index is 6.35. The first-order valence-corrected chi connectivity index (χ1v) is 8.66. The predicted octanol–water partition coefficient (Wildman–Crippen LogP) is 4.73. The Bertz CT molecular complexity index is 757. The standard InChI is InChI=1S/C20H20N2S/c1-15-12-18(19(21)17-10-6-3-7-11-17)13-22-20(15)23-14-16-8-4-2-5-9-16/h2-13,19H,14,21H2,1H3/t19-/m1/s1. The molecule has 0 aliphatic carbocycles. The van der Waals surface area contributed by atoms with Crippen LogP contribution in [-0.2, 0) is 5.75 Å². The van der Waals surface area contributed by atoms with Crippen molar-refractivity contribution < 1.29 is 0 Å². The van der Waals surface area contributed by atoms with Gasteiger partial charge in [-0.2, -0.15) is 0 Å². The summed E-state index contributed by atoms with van der Waals surface area (Å²) >= 11 is 1.76. The normalized spacial score (nSPS) is 12.1. The average molecular weight is 320 g/mol. The van der Waals surface area contributed by atoms with Crippen molar-refractivity contribution in [3.8, 4) is 0 Å². The molecule has 2 aromatic carbocycles. The number of benzene rings is 2. The molecule has 116 valence electrons.